The van der Waals surface area contributed by atoms with Gasteiger partial charge >= 0.3 is 5.97 Å². The Morgan fingerprint density at radius 1 is 1.33 bits per heavy atom. The quantitative estimate of drug-likeness (QED) is 0.543. The van der Waals surface area contributed by atoms with E-state index in [9.17, 15) is 4.79 Å². The first kappa shape index (κ1) is 11.5. The smallest absolute Gasteiger partial charge is 0.310 e. The van der Waals surface area contributed by atoms with Crippen LogP contribution >= 0.6 is 0 Å². The first-order valence-electron chi connectivity index (χ1n) is 5.24. The largest absolute Gasteiger partial charge is 0.434 e. The van der Waals surface area contributed by atoms with Crippen LogP contribution in [0, 0.1) is 0 Å². The van der Waals surface area contributed by atoms with Gasteiger partial charge < -0.3 is 4.74 Å². The molecular formula is C13H16O2. The summed E-state index contributed by atoms with van der Waals surface area (Å²) in [6.07, 6.45) is 5.63. The number of hydrogen-bond donors (Lipinski definition) is 0. The van der Waals surface area contributed by atoms with Gasteiger partial charge in [0.25, 0.3) is 0 Å². The van der Waals surface area contributed by atoms with Crippen molar-refractivity contribution >= 4 is 12.0 Å². The second kappa shape index (κ2) is 6.82. The average Bonchev–Trinajstić information content (AvgIpc) is 2.28. The normalized spacial score (nSPS) is 10.5. The molecule has 0 aliphatic rings. The lowest BCUT2D eigenvalue weighted by molar-refractivity contribution is -0.138. The zero-order valence-corrected chi connectivity index (χ0v) is 8.98. The lowest BCUT2D eigenvalue weighted by atomic mass is 10.2. The summed E-state index contributed by atoms with van der Waals surface area (Å²) in [5, 5.41) is 0. The third kappa shape index (κ3) is 5.01. The Kier molecular flexibility index (Phi) is 5.23. The van der Waals surface area contributed by atoms with Crippen molar-refractivity contribution in [2.45, 2.75) is 26.2 Å². The van der Waals surface area contributed by atoms with Crippen LogP contribution in [0.3, 0.4) is 0 Å². The van der Waals surface area contributed by atoms with Crippen LogP contribution in [0.2, 0.25) is 0 Å². The summed E-state index contributed by atoms with van der Waals surface area (Å²) in [7, 11) is 0. The number of unbranched alkanes of at least 4 members (excludes halogenated alkanes) is 1. The Bertz CT molecular complexity index is 315. The third-order valence-electron chi connectivity index (χ3n) is 1.99. The standard InChI is InChI=1S/C13H16O2/c1-2-3-9-13(14)15-11-10-12-7-5-4-6-8-12/h4-8,10-11H,2-3,9H2,1H3/b11-10-. The van der Waals surface area contributed by atoms with Crippen LogP contribution in [0.15, 0.2) is 36.6 Å². The zero-order valence-electron chi connectivity index (χ0n) is 8.98. The summed E-state index contributed by atoms with van der Waals surface area (Å²) in [5.74, 6) is -0.163. The molecule has 0 saturated heterocycles. The van der Waals surface area contributed by atoms with Crippen LogP contribution in [-0.4, -0.2) is 5.97 Å². The minimum absolute atomic E-state index is 0.163. The van der Waals surface area contributed by atoms with Gasteiger partial charge in [0.15, 0.2) is 0 Å². The molecule has 0 aromatic heterocycles. The fourth-order valence-corrected chi connectivity index (χ4v) is 1.13. The molecule has 0 unspecified atom stereocenters. The van der Waals surface area contributed by atoms with Crippen molar-refractivity contribution in [1.82, 2.24) is 0 Å². The third-order valence-corrected chi connectivity index (χ3v) is 1.99. The molecule has 1 rings (SSSR count). The van der Waals surface area contributed by atoms with Gasteiger partial charge in [-0.15, -0.1) is 0 Å². The maximum absolute atomic E-state index is 11.1. The number of esters is 1. The topological polar surface area (TPSA) is 26.3 Å². The van der Waals surface area contributed by atoms with Crippen molar-refractivity contribution in [2.24, 2.45) is 0 Å². The highest BCUT2D eigenvalue weighted by atomic mass is 16.5. The lowest BCUT2D eigenvalue weighted by Crippen LogP contribution is -1.98. The van der Waals surface area contributed by atoms with Crippen molar-refractivity contribution in [2.75, 3.05) is 0 Å². The van der Waals surface area contributed by atoms with E-state index in [1.165, 1.54) is 6.26 Å². The molecule has 0 amide bonds. The molecule has 2 nitrogen and oxygen atoms in total. The highest BCUT2D eigenvalue weighted by Gasteiger charge is 1.97. The van der Waals surface area contributed by atoms with E-state index in [1.54, 1.807) is 6.08 Å². The second-order valence-electron chi connectivity index (χ2n) is 3.31. The van der Waals surface area contributed by atoms with Gasteiger partial charge in [-0.3, -0.25) is 4.79 Å². The van der Waals surface area contributed by atoms with Crippen LogP contribution in [-0.2, 0) is 9.53 Å². The molecule has 2 heteroatoms. The number of hydrogen-bond acceptors (Lipinski definition) is 2. The number of ether oxygens (including phenoxy) is 1. The summed E-state index contributed by atoms with van der Waals surface area (Å²) in [5.41, 5.74) is 1.03. The summed E-state index contributed by atoms with van der Waals surface area (Å²) < 4.78 is 4.93. The molecule has 0 bridgehead atoms. The van der Waals surface area contributed by atoms with E-state index in [4.69, 9.17) is 4.74 Å². The molecule has 80 valence electrons. The first-order valence-corrected chi connectivity index (χ1v) is 5.24. The van der Waals surface area contributed by atoms with Crippen molar-refractivity contribution in [3.8, 4) is 0 Å². The second-order valence-corrected chi connectivity index (χ2v) is 3.31. The molecule has 0 radical (unpaired) electrons. The van der Waals surface area contributed by atoms with Crippen LogP contribution in [0.25, 0.3) is 6.08 Å². The Morgan fingerprint density at radius 2 is 2.07 bits per heavy atom. The lowest BCUT2D eigenvalue weighted by Gasteiger charge is -1.97. The fourth-order valence-electron chi connectivity index (χ4n) is 1.13. The van der Waals surface area contributed by atoms with Gasteiger partial charge in [0, 0.05) is 6.42 Å². The number of carbonyl (C=O) groups excluding carboxylic acids is 1. The van der Waals surface area contributed by atoms with Crippen molar-refractivity contribution in [1.29, 1.82) is 0 Å². The van der Waals surface area contributed by atoms with E-state index in [1.807, 2.05) is 37.3 Å². The van der Waals surface area contributed by atoms with Crippen LogP contribution in [0.5, 0.6) is 0 Å². The van der Waals surface area contributed by atoms with Crippen LogP contribution in [0.1, 0.15) is 31.7 Å². The van der Waals surface area contributed by atoms with Crippen molar-refractivity contribution in [3.05, 3.63) is 42.2 Å². The van der Waals surface area contributed by atoms with Gasteiger partial charge in [-0.05, 0) is 18.1 Å². The molecule has 0 saturated carbocycles. The van der Waals surface area contributed by atoms with Gasteiger partial charge in [0.1, 0.15) is 0 Å². The van der Waals surface area contributed by atoms with Gasteiger partial charge in [-0.1, -0.05) is 43.7 Å². The Hall–Kier alpha value is -1.57. The average molecular weight is 204 g/mol. The highest BCUT2D eigenvalue weighted by molar-refractivity contribution is 5.70. The predicted octanol–water partition coefficient (Wildman–Crippen LogP) is 3.39. The Balaban J connectivity index is 2.31. The monoisotopic (exact) mass is 204 g/mol. The highest BCUT2D eigenvalue weighted by Crippen LogP contribution is 2.02. The van der Waals surface area contributed by atoms with Gasteiger partial charge in [0.05, 0.1) is 6.26 Å². The SMILES string of the molecule is CCCCC(=O)O/C=C\c1ccccc1. The van der Waals surface area contributed by atoms with E-state index < -0.39 is 0 Å². The van der Waals surface area contributed by atoms with E-state index in [-0.39, 0.29) is 5.97 Å². The maximum Gasteiger partial charge on any atom is 0.310 e. The summed E-state index contributed by atoms with van der Waals surface area (Å²) in [6.45, 7) is 2.05. The molecule has 15 heavy (non-hydrogen) atoms. The Morgan fingerprint density at radius 3 is 2.73 bits per heavy atom. The molecule has 0 spiro atoms. The van der Waals surface area contributed by atoms with E-state index in [0.717, 1.165) is 18.4 Å². The minimum atomic E-state index is -0.163. The van der Waals surface area contributed by atoms with E-state index >= 15 is 0 Å². The number of benzene rings is 1. The molecular weight excluding hydrogens is 188 g/mol. The molecule has 0 heterocycles. The van der Waals surface area contributed by atoms with Gasteiger partial charge in [0.2, 0.25) is 0 Å². The molecule has 0 aliphatic heterocycles. The van der Waals surface area contributed by atoms with Crippen molar-refractivity contribution < 1.29 is 9.53 Å². The van der Waals surface area contributed by atoms with Gasteiger partial charge in [-0.2, -0.15) is 0 Å². The molecule has 0 N–H and O–H groups in total. The molecule has 0 fully saturated rings. The van der Waals surface area contributed by atoms with Crippen LogP contribution in [0.4, 0.5) is 0 Å². The van der Waals surface area contributed by atoms with E-state index in [2.05, 4.69) is 0 Å². The number of carbonyl (C=O) groups is 1. The van der Waals surface area contributed by atoms with Crippen molar-refractivity contribution in [3.63, 3.8) is 0 Å². The maximum atomic E-state index is 11.1. The summed E-state index contributed by atoms with van der Waals surface area (Å²) >= 11 is 0. The minimum Gasteiger partial charge on any atom is -0.434 e. The molecule has 1 aromatic carbocycles. The summed E-state index contributed by atoms with van der Waals surface area (Å²) in [4.78, 5) is 11.1. The fraction of sp³-hybridized carbons (Fsp3) is 0.308. The summed E-state index contributed by atoms with van der Waals surface area (Å²) in [6, 6.07) is 9.74. The first-order chi connectivity index (χ1) is 7.33. The molecule has 0 aliphatic carbocycles. The predicted molar refractivity (Wildman–Crippen MR) is 61.1 cm³/mol. The van der Waals surface area contributed by atoms with Crippen LogP contribution < -0.4 is 0 Å². The number of rotatable bonds is 5. The van der Waals surface area contributed by atoms with Gasteiger partial charge in [-0.25, -0.2) is 0 Å². The van der Waals surface area contributed by atoms with E-state index in [0.29, 0.717) is 6.42 Å². The molecule has 0 atom stereocenters. The molecule has 1 aromatic rings. The zero-order chi connectivity index (χ0) is 10.9. The Labute approximate surface area is 90.6 Å².